The molecule has 0 saturated heterocycles. The number of nitrogens with zero attached hydrogens (tertiary/aromatic N) is 2. The third kappa shape index (κ3) is 5.52. The molecule has 1 heterocycles. The lowest BCUT2D eigenvalue weighted by Gasteiger charge is -2.05. The summed E-state index contributed by atoms with van der Waals surface area (Å²) in [6.45, 7) is 5.13. The second-order valence-corrected chi connectivity index (χ2v) is 9.86. The van der Waals surface area contributed by atoms with Crippen molar-refractivity contribution in [1.82, 2.24) is 4.57 Å². The minimum absolute atomic E-state index is 0.0208. The van der Waals surface area contributed by atoms with Gasteiger partial charge in [0, 0.05) is 23.6 Å². The van der Waals surface area contributed by atoms with Crippen LogP contribution in [-0.4, -0.2) is 28.2 Å². The highest BCUT2D eigenvalue weighted by Gasteiger charge is 2.10. The van der Waals surface area contributed by atoms with Gasteiger partial charge in [-0.05, 0) is 61.6 Å². The molecule has 2 aromatic carbocycles. The SMILES string of the molecule is CSCCn1c(=NC(=O)CCCSc2ccccc2)sc2c(C)cc(C)cc21. The lowest BCUT2D eigenvalue weighted by molar-refractivity contribution is -0.118. The van der Waals surface area contributed by atoms with Gasteiger partial charge in [-0.25, -0.2) is 0 Å². The minimum atomic E-state index is -0.0208. The van der Waals surface area contributed by atoms with Crippen molar-refractivity contribution in [2.45, 2.75) is 38.1 Å². The molecule has 1 aromatic heterocycles. The normalized spacial score (nSPS) is 12.0. The first kappa shape index (κ1) is 21.2. The molecular weight excluding hydrogens is 404 g/mol. The molecule has 0 fully saturated rings. The van der Waals surface area contributed by atoms with E-state index in [1.54, 1.807) is 23.1 Å². The second-order valence-electron chi connectivity index (χ2n) is 6.73. The van der Waals surface area contributed by atoms with Gasteiger partial charge in [0.1, 0.15) is 0 Å². The van der Waals surface area contributed by atoms with Crippen molar-refractivity contribution in [1.29, 1.82) is 0 Å². The molecule has 0 aliphatic rings. The number of amides is 1. The Morgan fingerprint density at radius 2 is 1.93 bits per heavy atom. The summed E-state index contributed by atoms with van der Waals surface area (Å²) in [5, 5.41) is 0. The van der Waals surface area contributed by atoms with Gasteiger partial charge in [-0.3, -0.25) is 4.79 Å². The molecule has 28 heavy (non-hydrogen) atoms. The number of thiazole rings is 1. The van der Waals surface area contributed by atoms with Gasteiger partial charge < -0.3 is 4.57 Å². The highest BCUT2D eigenvalue weighted by Crippen LogP contribution is 2.24. The van der Waals surface area contributed by atoms with Gasteiger partial charge >= 0.3 is 0 Å². The predicted molar refractivity (Wildman–Crippen MR) is 125 cm³/mol. The quantitative estimate of drug-likeness (QED) is 0.340. The largest absolute Gasteiger partial charge is 0.315 e. The average molecular weight is 431 g/mol. The van der Waals surface area contributed by atoms with E-state index in [0.29, 0.717) is 6.42 Å². The first-order chi connectivity index (χ1) is 13.6. The summed E-state index contributed by atoms with van der Waals surface area (Å²) in [4.78, 5) is 19.1. The van der Waals surface area contributed by atoms with Gasteiger partial charge in [-0.2, -0.15) is 16.8 Å². The summed E-state index contributed by atoms with van der Waals surface area (Å²) in [6, 6.07) is 14.7. The molecule has 0 spiro atoms. The van der Waals surface area contributed by atoms with E-state index in [4.69, 9.17) is 0 Å². The summed E-state index contributed by atoms with van der Waals surface area (Å²) in [5.41, 5.74) is 3.70. The summed E-state index contributed by atoms with van der Waals surface area (Å²) >= 11 is 5.24. The van der Waals surface area contributed by atoms with Gasteiger partial charge in [0.2, 0.25) is 5.91 Å². The number of benzene rings is 2. The summed E-state index contributed by atoms with van der Waals surface area (Å²) in [6.07, 6.45) is 3.45. The molecule has 148 valence electrons. The van der Waals surface area contributed by atoms with Crippen LogP contribution in [0.25, 0.3) is 10.2 Å². The van der Waals surface area contributed by atoms with E-state index in [1.807, 2.05) is 30.0 Å². The van der Waals surface area contributed by atoms with Gasteiger partial charge in [0.15, 0.2) is 4.80 Å². The number of rotatable bonds is 8. The van der Waals surface area contributed by atoms with E-state index in [-0.39, 0.29) is 5.91 Å². The Bertz CT molecular complexity index is 1010. The smallest absolute Gasteiger partial charge is 0.248 e. The maximum Gasteiger partial charge on any atom is 0.248 e. The lowest BCUT2D eigenvalue weighted by atomic mass is 10.1. The molecule has 1 amide bonds. The zero-order chi connectivity index (χ0) is 19.9. The van der Waals surface area contributed by atoms with Crippen LogP contribution in [0.4, 0.5) is 0 Å². The molecular formula is C22H26N2OS3. The second kappa shape index (κ2) is 10.3. The number of aryl methyl sites for hydroxylation is 3. The molecule has 0 aliphatic carbocycles. The fourth-order valence-corrected chi connectivity index (χ4v) is 5.45. The summed E-state index contributed by atoms with van der Waals surface area (Å²) < 4.78 is 3.45. The van der Waals surface area contributed by atoms with Crippen molar-refractivity contribution in [2.75, 3.05) is 17.8 Å². The van der Waals surface area contributed by atoms with Crippen molar-refractivity contribution in [2.24, 2.45) is 4.99 Å². The van der Waals surface area contributed by atoms with Crippen molar-refractivity contribution in [3.05, 3.63) is 58.4 Å². The van der Waals surface area contributed by atoms with Gasteiger partial charge in [0.25, 0.3) is 0 Å². The van der Waals surface area contributed by atoms with E-state index in [0.717, 1.165) is 29.3 Å². The van der Waals surface area contributed by atoms with E-state index in [1.165, 1.54) is 26.2 Å². The molecule has 0 unspecified atom stereocenters. The van der Waals surface area contributed by atoms with Gasteiger partial charge in [0.05, 0.1) is 10.2 Å². The maximum atomic E-state index is 12.5. The third-order valence-corrected chi connectivity index (χ3v) is 7.32. The van der Waals surface area contributed by atoms with Gasteiger partial charge in [-0.1, -0.05) is 35.6 Å². The Kier molecular flexibility index (Phi) is 7.82. The van der Waals surface area contributed by atoms with Crippen LogP contribution in [-0.2, 0) is 11.3 Å². The zero-order valence-electron chi connectivity index (χ0n) is 16.6. The van der Waals surface area contributed by atoms with E-state index >= 15 is 0 Å². The van der Waals surface area contributed by atoms with Crippen LogP contribution in [0.15, 0.2) is 52.4 Å². The molecule has 6 heteroatoms. The fourth-order valence-electron chi connectivity index (χ4n) is 3.09. The van der Waals surface area contributed by atoms with E-state index < -0.39 is 0 Å². The number of thioether (sulfide) groups is 2. The topological polar surface area (TPSA) is 34.4 Å². The van der Waals surface area contributed by atoms with Crippen molar-refractivity contribution < 1.29 is 4.79 Å². The Labute approximate surface area is 179 Å². The molecule has 0 saturated carbocycles. The molecule has 0 N–H and O–H groups in total. The highest BCUT2D eigenvalue weighted by atomic mass is 32.2. The first-order valence-electron chi connectivity index (χ1n) is 9.43. The molecule has 3 rings (SSSR count). The van der Waals surface area contributed by atoms with Crippen LogP contribution in [0.2, 0.25) is 0 Å². The number of hydrogen-bond donors (Lipinski definition) is 0. The molecule has 3 nitrogen and oxygen atoms in total. The van der Waals surface area contributed by atoms with Gasteiger partial charge in [-0.15, -0.1) is 11.8 Å². The number of carbonyl (C=O) groups excluding carboxylic acids is 1. The number of aromatic nitrogens is 1. The Balaban J connectivity index is 1.74. The van der Waals surface area contributed by atoms with Crippen LogP contribution >= 0.6 is 34.9 Å². The average Bonchev–Trinajstić information content (AvgIpc) is 3.01. The van der Waals surface area contributed by atoms with Crippen molar-refractivity contribution >= 4 is 51.0 Å². The van der Waals surface area contributed by atoms with E-state index in [2.05, 4.69) is 53.9 Å². The van der Waals surface area contributed by atoms with Crippen molar-refractivity contribution in [3.8, 4) is 0 Å². The van der Waals surface area contributed by atoms with Crippen LogP contribution in [0, 0.1) is 13.8 Å². The molecule has 3 aromatic rings. The van der Waals surface area contributed by atoms with Crippen molar-refractivity contribution in [3.63, 3.8) is 0 Å². The summed E-state index contributed by atoms with van der Waals surface area (Å²) in [7, 11) is 0. The number of hydrogen-bond acceptors (Lipinski definition) is 4. The number of fused-ring (bicyclic) bond motifs is 1. The maximum absolute atomic E-state index is 12.5. The zero-order valence-corrected chi connectivity index (χ0v) is 19.1. The highest BCUT2D eigenvalue weighted by molar-refractivity contribution is 7.99. The van der Waals surface area contributed by atoms with Crippen LogP contribution in [0.5, 0.6) is 0 Å². The lowest BCUT2D eigenvalue weighted by Crippen LogP contribution is -2.18. The number of carbonyl (C=O) groups is 1. The van der Waals surface area contributed by atoms with E-state index in [9.17, 15) is 4.79 Å². The van der Waals surface area contributed by atoms with Crippen LogP contribution < -0.4 is 4.80 Å². The molecule has 0 radical (unpaired) electrons. The van der Waals surface area contributed by atoms with Crippen LogP contribution in [0.3, 0.4) is 0 Å². The fraction of sp³-hybridized carbons (Fsp3) is 0.364. The Morgan fingerprint density at radius 1 is 1.14 bits per heavy atom. The molecule has 0 bridgehead atoms. The summed E-state index contributed by atoms with van der Waals surface area (Å²) in [5.74, 6) is 1.92. The Morgan fingerprint density at radius 3 is 2.68 bits per heavy atom. The van der Waals surface area contributed by atoms with Crippen LogP contribution in [0.1, 0.15) is 24.0 Å². The monoisotopic (exact) mass is 430 g/mol. The first-order valence-corrected chi connectivity index (χ1v) is 12.6. The third-order valence-electron chi connectivity index (χ3n) is 4.40. The minimum Gasteiger partial charge on any atom is -0.315 e. The Hall–Kier alpha value is -1.50. The standard InChI is InChI=1S/C22H26N2OS3/c1-16-14-17(2)21-19(15-16)24(11-13-26-3)22(28-21)23-20(25)10-7-12-27-18-8-5-4-6-9-18/h4-6,8-9,14-15H,7,10-13H2,1-3H3. The predicted octanol–water partition coefficient (Wildman–Crippen LogP) is 5.68. The molecule has 0 aliphatic heterocycles. The molecule has 0 atom stereocenters.